The first kappa shape index (κ1) is 20.0. The van der Waals surface area contributed by atoms with Crippen molar-refractivity contribution in [1.82, 2.24) is 9.78 Å². The van der Waals surface area contributed by atoms with Gasteiger partial charge in [-0.2, -0.15) is 5.10 Å². The standard InChI is InChI=1S/C19H15ClN4O5/c1-29-14-4-2-3-12(9-14)16-7-8-19(26)23(22-16)11-18(25)21-13-5-6-15(20)17(10-13)24(27)28/h2-10H,11H2,1H3,(H,21,25). The number of nitrogens with zero attached hydrogens (tertiary/aromatic N) is 3. The number of halogens is 1. The van der Waals surface area contributed by atoms with Crippen LogP contribution in [0.15, 0.2) is 59.4 Å². The zero-order chi connectivity index (χ0) is 21.0. The zero-order valence-electron chi connectivity index (χ0n) is 15.2. The van der Waals surface area contributed by atoms with Crippen molar-refractivity contribution in [2.24, 2.45) is 0 Å². The molecule has 1 N–H and O–H groups in total. The monoisotopic (exact) mass is 414 g/mol. The summed E-state index contributed by atoms with van der Waals surface area (Å²) in [6, 6.07) is 13.8. The van der Waals surface area contributed by atoms with E-state index in [2.05, 4.69) is 10.4 Å². The highest BCUT2D eigenvalue weighted by molar-refractivity contribution is 6.32. The lowest BCUT2D eigenvalue weighted by molar-refractivity contribution is -0.384. The number of ether oxygens (including phenoxy) is 1. The van der Waals surface area contributed by atoms with Crippen molar-refractivity contribution in [2.45, 2.75) is 6.54 Å². The molecule has 0 aliphatic carbocycles. The van der Waals surface area contributed by atoms with E-state index in [0.717, 1.165) is 10.7 Å². The Kier molecular flexibility index (Phi) is 5.89. The molecule has 0 radical (unpaired) electrons. The van der Waals surface area contributed by atoms with E-state index >= 15 is 0 Å². The van der Waals surface area contributed by atoms with Crippen molar-refractivity contribution in [1.29, 1.82) is 0 Å². The molecule has 1 heterocycles. The third-order valence-corrected chi connectivity index (χ3v) is 4.27. The largest absolute Gasteiger partial charge is 0.497 e. The van der Waals surface area contributed by atoms with E-state index in [1.165, 1.54) is 18.2 Å². The molecule has 0 saturated carbocycles. The van der Waals surface area contributed by atoms with Crippen LogP contribution in [0.5, 0.6) is 5.75 Å². The van der Waals surface area contributed by atoms with E-state index in [4.69, 9.17) is 16.3 Å². The lowest BCUT2D eigenvalue weighted by Gasteiger charge is -2.09. The number of nitro groups is 1. The number of amides is 1. The summed E-state index contributed by atoms with van der Waals surface area (Å²) in [6.07, 6.45) is 0. The van der Waals surface area contributed by atoms with Crippen molar-refractivity contribution < 1.29 is 14.5 Å². The number of nitro benzene ring substituents is 1. The first-order chi connectivity index (χ1) is 13.9. The van der Waals surface area contributed by atoms with Gasteiger partial charge in [0.2, 0.25) is 5.91 Å². The molecule has 10 heteroatoms. The number of carbonyl (C=O) groups excluding carboxylic acids is 1. The van der Waals surface area contributed by atoms with Gasteiger partial charge in [0, 0.05) is 23.4 Å². The van der Waals surface area contributed by atoms with E-state index in [1.54, 1.807) is 37.4 Å². The van der Waals surface area contributed by atoms with Crippen molar-refractivity contribution in [2.75, 3.05) is 12.4 Å². The molecular formula is C19H15ClN4O5. The number of methoxy groups -OCH3 is 1. The van der Waals surface area contributed by atoms with E-state index in [-0.39, 0.29) is 22.9 Å². The molecule has 0 saturated heterocycles. The van der Waals surface area contributed by atoms with Crippen LogP contribution in [0.25, 0.3) is 11.3 Å². The van der Waals surface area contributed by atoms with Gasteiger partial charge in [0.25, 0.3) is 11.2 Å². The third kappa shape index (κ3) is 4.77. The van der Waals surface area contributed by atoms with Crippen LogP contribution in [-0.4, -0.2) is 27.7 Å². The summed E-state index contributed by atoms with van der Waals surface area (Å²) < 4.78 is 6.19. The number of hydrogen-bond acceptors (Lipinski definition) is 6. The molecule has 0 unspecified atom stereocenters. The van der Waals surface area contributed by atoms with Crippen LogP contribution >= 0.6 is 11.6 Å². The van der Waals surface area contributed by atoms with Gasteiger partial charge in [-0.25, -0.2) is 4.68 Å². The Morgan fingerprint density at radius 3 is 2.76 bits per heavy atom. The van der Waals surface area contributed by atoms with Crippen LogP contribution in [0.4, 0.5) is 11.4 Å². The van der Waals surface area contributed by atoms with Crippen LogP contribution in [0.2, 0.25) is 5.02 Å². The van der Waals surface area contributed by atoms with E-state index in [1.807, 2.05) is 0 Å². The second-order valence-corrected chi connectivity index (χ2v) is 6.33. The fourth-order valence-electron chi connectivity index (χ4n) is 2.57. The van der Waals surface area contributed by atoms with Crippen LogP contribution in [0.1, 0.15) is 0 Å². The quantitative estimate of drug-likeness (QED) is 0.489. The minimum absolute atomic E-state index is 0.0446. The highest BCUT2D eigenvalue weighted by Crippen LogP contribution is 2.27. The Morgan fingerprint density at radius 2 is 2.03 bits per heavy atom. The number of anilines is 1. The Hall–Kier alpha value is -3.72. The molecule has 3 rings (SSSR count). The second kappa shape index (κ2) is 8.53. The summed E-state index contributed by atoms with van der Waals surface area (Å²) >= 11 is 5.76. The lowest BCUT2D eigenvalue weighted by atomic mass is 10.1. The molecule has 1 aromatic heterocycles. The number of nitrogens with one attached hydrogen (secondary N) is 1. The maximum atomic E-state index is 12.3. The third-order valence-electron chi connectivity index (χ3n) is 3.95. The Balaban J connectivity index is 1.81. The molecule has 0 atom stereocenters. The molecule has 148 valence electrons. The Labute approximate surface area is 169 Å². The number of benzene rings is 2. The van der Waals surface area contributed by atoms with Crippen LogP contribution in [0, 0.1) is 10.1 Å². The summed E-state index contributed by atoms with van der Waals surface area (Å²) in [4.78, 5) is 34.7. The molecule has 2 aromatic carbocycles. The lowest BCUT2D eigenvalue weighted by Crippen LogP contribution is -2.29. The van der Waals surface area contributed by atoms with Gasteiger partial charge in [-0.1, -0.05) is 23.7 Å². The van der Waals surface area contributed by atoms with Gasteiger partial charge in [-0.05, 0) is 30.3 Å². The SMILES string of the molecule is COc1cccc(-c2ccc(=O)n(CC(=O)Nc3ccc(Cl)c([N+](=O)[O-])c3)n2)c1. The maximum Gasteiger partial charge on any atom is 0.289 e. The Bertz CT molecular complexity index is 1150. The molecule has 0 bridgehead atoms. The highest BCUT2D eigenvalue weighted by atomic mass is 35.5. The number of carbonyl (C=O) groups is 1. The summed E-state index contributed by atoms with van der Waals surface area (Å²) in [7, 11) is 1.54. The minimum Gasteiger partial charge on any atom is -0.497 e. The minimum atomic E-state index is -0.651. The van der Waals surface area contributed by atoms with Crippen LogP contribution < -0.4 is 15.6 Å². The molecule has 0 fully saturated rings. The summed E-state index contributed by atoms with van der Waals surface area (Å²) in [5.74, 6) is 0.0585. The van der Waals surface area contributed by atoms with Gasteiger partial charge >= 0.3 is 0 Å². The van der Waals surface area contributed by atoms with Crippen molar-refractivity contribution in [3.05, 3.63) is 80.1 Å². The highest BCUT2D eigenvalue weighted by Gasteiger charge is 2.15. The smallest absolute Gasteiger partial charge is 0.289 e. The van der Waals surface area contributed by atoms with Crippen molar-refractivity contribution in [3.8, 4) is 17.0 Å². The molecular weight excluding hydrogens is 400 g/mol. The number of aromatic nitrogens is 2. The van der Waals surface area contributed by atoms with Gasteiger partial charge in [0.05, 0.1) is 17.7 Å². The van der Waals surface area contributed by atoms with Gasteiger partial charge in [-0.15, -0.1) is 0 Å². The normalized spacial score (nSPS) is 10.4. The average Bonchev–Trinajstić information content (AvgIpc) is 2.71. The van der Waals surface area contributed by atoms with E-state index < -0.39 is 16.4 Å². The fourth-order valence-corrected chi connectivity index (χ4v) is 2.75. The Morgan fingerprint density at radius 1 is 1.24 bits per heavy atom. The molecule has 0 spiro atoms. The molecule has 1 amide bonds. The second-order valence-electron chi connectivity index (χ2n) is 5.92. The zero-order valence-corrected chi connectivity index (χ0v) is 15.9. The molecule has 3 aromatic rings. The van der Waals surface area contributed by atoms with Gasteiger partial charge < -0.3 is 10.1 Å². The summed E-state index contributed by atoms with van der Waals surface area (Å²) in [5.41, 5.74) is 0.585. The van der Waals surface area contributed by atoms with Crippen LogP contribution in [0.3, 0.4) is 0 Å². The first-order valence-electron chi connectivity index (χ1n) is 8.34. The van der Waals surface area contributed by atoms with Crippen LogP contribution in [-0.2, 0) is 11.3 Å². The average molecular weight is 415 g/mol. The van der Waals surface area contributed by atoms with Gasteiger partial charge in [0.15, 0.2) is 0 Å². The summed E-state index contributed by atoms with van der Waals surface area (Å²) in [5, 5.41) is 17.6. The molecule has 0 aliphatic heterocycles. The number of rotatable bonds is 6. The van der Waals surface area contributed by atoms with Gasteiger partial charge in [0.1, 0.15) is 17.3 Å². The first-order valence-corrected chi connectivity index (χ1v) is 8.71. The summed E-state index contributed by atoms with van der Waals surface area (Å²) in [6.45, 7) is -0.368. The topological polar surface area (TPSA) is 116 Å². The van der Waals surface area contributed by atoms with E-state index in [9.17, 15) is 19.7 Å². The molecule has 9 nitrogen and oxygen atoms in total. The molecule has 29 heavy (non-hydrogen) atoms. The van der Waals surface area contributed by atoms with Crippen molar-refractivity contribution >= 4 is 28.9 Å². The maximum absolute atomic E-state index is 12.3. The van der Waals surface area contributed by atoms with Gasteiger partial charge in [-0.3, -0.25) is 19.7 Å². The fraction of sp³-hybridized carbons (Fsp3) is 0.105. The van der Waals surface area contributed by atoms with E-state index in [0.29, 0.717) is 17.0 Å². The predicted octanol–water partition coefficient (Wildman–Crippen LogP) is 3.12. The number of hydrogen-bond donors (Lipinski definition) is 1. The van der Waals surface area contributed by atoms with Crippen molar-refractivity contribution in [3.63, 3.8) is 0 Å². The molecule has 0 aliphatic rings. The predicted molar refractivity (Wildman–Crippen MR) is 107 cm³/mol.